The van der Waals surface area contributed by atoms with Gasteiger partial charge < -0.3 is 14.6 Å². The SMILES string of the molecule is CC(C)C1c2nc3cc(CO)c(S(C)(=O)=O)cc3n2CCN1[C@@H]1N=C(C(F)(F)F)C=CN1C. The Bertz CT molecular complexity index is 1250. The van der Waals surface area contributed by atoms with Crippen LogP contribution in [0.2, 0.25) is 0 Å². The highest BCUT2D eigenvalue weighted by atomic mass is 32.2. The summed E-state index contributed by atoms with van der Waals surface area (Å²) in [6, 6.07) is 2.73. The third kappa shape index (κ3) is 4.15. The van der Waals surface area contributed by atoms with Crippen LogP contribution < -0.4 is 0 Å². The minimum atomic E-state index is -4.55. The number of sulfone groups is 1. The summed E-state index contributed by atoms with van der Waals surface area (Å²) in [5.41, 5.74) is 0.474. The molecule has 180 valence electrons. The predicted octanol–water partition coefficient (Wildman–Crippen LogP) is 2.69. The molecule has 0 fully saturated rings. The number of benzene rings is 1. The number of hydrogen-bond donors (Lipinski definition) is 1. The molecule has 8 nitrogen and oxygen atoms in total. The van der Waals surface area contributed by atoms with Crippen LogP contribution in [0.4, 0.5) is 13.2 Å². The Balaban J connectivity index is 1.84. The fourth-order valence-electron chi connectivity index (χ4n) is 4.59. The van der Waals surface area contributed by atoms with Crippen molar-refractivity contribution in [2.75, 3.05) is 19.8 Å². The first kappa shape index (κ1) is 23.7. The number of hydrogen-bond acceptors (Lipinski definition) is 7. The molecule has 0 amide bonds. The third-order valence-electron chi connectivity index (χ3n) is 6.04. The van der Waals surface area contributed by atoms with Crippen molar-refractivity contribution >= 4 is 26.6 Å². The van der Waals surface area contributed by atoms with Gasteiger partial charge in [-0.3, -0.25) is 4.90 Å². The molecule has 1 aromatic heterocycles. The monoisotopic (exact) mass is 485 g/mol. The second kappa shape index (κ2) is 8.10. The first-order chi connectivity index (χ1) is 15.3. The van der Waals surface area contributed by atoms with Gasteiger partial charge in [-0.25, -0.2) is 18.4 Å². The van der Waals surface area contributed by atoms with Gasteiger partial charge in [-0.1, -0.05) is 13.8 Å². The molecule has 0 radical (unpaired) electrons. The molecule has 1 unspecified atom stereocenters. The molecule has 2 atom stereocenters. The largest absolute Gasteiger partial charge is 0.433 e. The number of aliphatic hydroxyl groups is 1. The Morgan fingerprint density at radius 2 is 1.94 bits per heavy atom. The number of aliphatic hydroxyl groups excluding tert-OH is 1. The maximum atomic E-state index is 13.3. The van der Waals surface area contributed by atoms with Crippen LogP contribution in [0.15, 0.2) is 34.3 Å². The summed E-state index contributed by atoms with van der Waals surface area (Å²) in [4.78, 5) is 12.3. The first-order valence-corrected chi connectivity index (χ1v) is 12.4. The molecule has 0 bridgehead atoms. The van der Waals surface area contributed by atoms with Crippen LogP contribution in [-0.4, -0.2) is 70.9 Å². The maximum absolute atomic E-state index is 13.3. The van der Waals surface area contributed by atoms with Gasteiger partial charge in [0.05, 0.1) is 28.6 Å². The van der Waals surface area contributed by atoms with E-state index >= 15 is 0 Å². The van der Waals surface area contributed by atoms with Crippen LogP contribution in [0.25, 0.3) is 11.0 Å². The molecule has 0 saturated heterocycles. The van der Waals surface area contributed by atoms with Crippen molar-refractivity contribution in [2.24, 2.45) is 10.9 Å². The van der Waals surface area contributed by atoms with Crippen LogP contribution in [0, 0.1) is 5.92 Å². The molecule has 0 spiro atoms. The van der Waals surface area contributed by atoms with E-state index in [0.717, 1.165) is 12.3 Å². The van der Waals surface area contributed by atoms with Crippen LogP contribution in [0.1, 0.15) is 31.3 Å². The van der Waals surface area contributed by atoms with Gasteiger partial charge in [-0.15, -0.1) is 0 Å². The number of aliphatic imine (C=N–C) groups is 1. The smallest absolute Gasteiger partial charge is 0.392 e. The lowest BCUT2D eigenvalue weighted by atomic mass is 9.99. The average Bonchev–Trinajstić information content (AvgIpc) is 3.08. The van der Waals surface area contributed by atoms with Gasteiger partial charge in [-0.2, -0.15) is 13.2 Å². The van der Waals surface area contributed by atoms with E-state index in [0.29, 0.717) is 29.9 Å². The Morgan fingerprint density at radius 1 is 1.24 bits per heavy atom. The molecule has 2 aliphatic heterocycles. The molecule has 1 N–H and O–H groups in total. The van der Waals surface area contributed by atoms with E-state index < -0.39 is 34.6 Å². The summed E-state index contributed by atoms with van der Waals surface area (Å²) in [5, 5.41) is 9.69. The van der Waals surface area contributed by atoms with E-state index in [4.69, 9.17) is 4.98 Å². The lowest BCUT2D eigenvalue weighted by molar-refractivity contribution is -0.0612. The number of aromatic nitrogens is 2. The van der Waals surface area contributed by atoms with Gasteiger partial charge in [-0.05, 0) is 29.7 Å². The van der Waals surface area contributed by atoms with Crippen LogP contribution >= 0.6 is 0 Å². The Hall–Kier alpha value is -2.44. The normalized spacial score (nSPS) is 22.2. The Morgan fingerprint density at radius 3 is 2.52 bits per heavy atom. The molecular formula is C21H26F3N5O3S. The summed E-state index contributed by atoms with van der Waals surface area (Å²) in [6.07, 6.45) is -1.98. The van der Waals surface area contributed by atoms with E-state index in [1.54, 1.807) is 18.0 Å². The van der Waals surface area contributed by atoms with Crippen LogP contribution in [-0.2, 0) is 23.0 Å². The van der Waals surface area contributed by atoms with Crippen molar-refractivity contribution < 1.29 is 26.7 Å². The number of fused-ring (bicyclic) bond motifs is 3. The molecule has 0 aliphatic carbocycles. The second-order valence-electron chi connectivity index (χ2n) is 8.77. The molecule has 3 heterocycles. The first-order valence-electron chi connectivity index (χ1n) is 10.5. The average molecular weight is 486 g/mol. The molecular weight excluding hydrogens is 459 g/mol. The molecule has 1 aromatic carbocycles. The molecule has 2 aliphatic rings. The quantitative estimate of drug-likeness (QED) is 0.716. The number of alkyl halides is 3. The lowest BCUT2D eigenvalue weighted by Gasteiger charge is -2.45. The zero-order chi connectivity index (χ0) is 24.3. The second-order valence-corrected chi connectivity index (χ2v) is 10.8. The van der Waals surface area contributed by atoms with Gasteiger partial charge in [0.15, 0.2) is 16.1 Å². The van der Waals surface area contributed by atoms with E-state index in [-0.39, 0.29) is 22.4 Å². The van der Waals surface area contributed by atoms with Gasteiger partial charge in [0, 0.05) is 32.6 Å². The van der Waals surface area contributed by atoms with Gasteiger partial charge in [0.25, 0.3) is 0 Å². The maximum Gasteiger partial charge on any atom is 0.433 e. The Labute approximate surface area is 189 Å². The minimum absolute atomic E-state index is 0.0172. The van der Waals surface area contributed by atoms with Crippen molar-refractivity contribution in [3.63, 3.8) is 0 Å². The zero-order valence-electron chi connectivity index (χ0n) is 18.7. The fourth-order valence-corrected chi connectivity index (χ4v) is 5.51. The Kier molecular flexibility index (Phi) is 5.82. The zero-order valence-corrected chi connectivity index (χ0v) is 19.5. The molecule has 4 rings (SSSR count). The topological polar surface area (TPSA) is 91.0 Å². The summed E-state index contributed by atoms with van der Waals surface area (Å²) in [7, 11) is -1.90. The standard InChI is InChI=1S/C21H26F3N5O3S/c1-12(2)18-19-25-14-9-13(11-30)16(33(4,31)32)10-15(14)28(19)7-8-29(18)20-26-17(21(22,23)24)5-6-27(20)3/h5-6,9-10,12,18,20,30H,7-8,11H2,1-4H3/t18?,20-/m1/s1. The molecule has 33 heavy (non-hydrogen) atoms. The summed E-state index contributed by atoms with van der Waals surface area (Å²) in [6.45, 7) is 4.27. The van der Waals surface area contributed by atoms with E-state index in [9.17, 15) is 26.7 Å². The van der Waals surface area contributed by atoms with Crippen molar-refractivity contribution in [1.82, 2.24) is 19.4 Å². The van der Waals surface area contributed by atoms with Gasteiger partial charge in [0.2, 0.25) is 0 Å². The van der Waals surface area contributed by atoms with E-state index in [1.807, 2.05) is 23.3 Å². The fraction of sp³-hybridized carbons (Fsp3) is 0.524. The molecule has 0 saturated carbocycles. The number of halogens is 3. The number of allylic oxidation sites excluding steroid dienone is 1. The van der Waals surface area contributed by atoms with Crippen molar-refractivity contribution in [3.05, 3.63) is 35.8 Å². The van der Waals surface area contributed by atoms with Crippen LogP contribution in [0.5, 0.6) is 0 Å². The summed E-state index contributed by atoms with van der Waals surface area (Å²) < 4.78 is 66.5. The number of rotatable bonds is 4. The number of nitrogens with zero attached hydrogens (tertiary/aromatic N) is 5. The third-order valence-corrected chi connectivity index (χ3v) is 7.22. The van der Waals surface area contributed by atoms with Crippen molar-refractivity contribution in [3.8, 4) is 0 Å². The van der Waals surface area contributed by atoms with Crippen molar-refractivity contribution in [1.29, 1.82) is 0 Å². The van der Waals surface area contributed by atoms with Gasteiger partial charge >= 0.3 is 6.18 Å². The van der Waals surface area contributed by atoms with E-state index in [1.165, 1.54) is 12.3 Å². The van der Waals surface area contributed by atoms with Crippen molar-refractivity contribution in [2.45, 2.75) is 50.4 Å². The lowest BCUT2D eigenvalue weighted by Crippen LogP contribution is -2.52. The predicted molar refractivity (Wildman–Crippen MR) is 117 cm³/mol. The molecule has 2 aromatic rings. The number of imidazole rings is 1. The minimum Gasteiger partial charge on any atom is -0.392 e. The van der Waals surface area contributed by atoms with Crippen LogP contribution in [0.3, 0.4) is 0 Å². The molecule has 12 heteroatoms. The highest BCUT2D eigenvalue weighted by Gasteiger charge is 2.42. The highest BCUT2D eigenvalue weighted by molar-refractivity contribution is 7.90. The van der Waals surface area contributed by atoms with Gasteiger partial charge in [0.1, 0.15) is 11.5 Å². The highest BCUT2D eigenvalue weighted by Crippen LogP contribution is 2.38. The summed E-state index contributed by atoms with van der Waals surface area (Å²) in [5.74, 6) is 0.615. The summed E-state index contributed by atoms with van der Waals surface area (Å²) >= 11 is 0. The van der Waals surface area contributed by atoms with E-state index in [2.05, 4.69) is 4.99 Å².